The van der Waals surface area contributed by atoms with Crippen LogP contribution in [0.15, 0.2) is 28.1 Å². The lowest BCUT2D eigenvalue weighted by Crippen LogP contribution is -1.82. The summed E-state index contributed by atoms with van der Waals surface area (Å²) < 4.78 is 2.36. The molecule has 0 spiro atoms. The average Bonchev–Trinajstić information content (AvgIpc) is 2.31. The van der Waals surface area contributed by atoms with Crippen molar-refractivity contribution in [1.82, 2.24) is 0 Å². The van der Waals surface area contributed by atoms with E-state index in [2.05, 4.69) is 28.1 Å². The van der Waals surface area contributed by atoms with Crippen LogP contribution in [0, 0.1) is 0 Å². The second kappa shape index (κ2) is 2.50. The van der Waals surface area contributed by atoms with E-state index in [1.165, 1.54) is 4.70 Å². The van der Waals surface area contributed by atoms with E-state index in [0.29, 0.717) is 0 Å². The highest BCUT2D eigenvalue weighted by molar-refractivity contribution is 9.11. The van der Waals surface area contributed by atoms with Crippen molar-refractivity contribution in [3.63, 3.8) is 0 Å². The Hall–Kier alpha value is -0.540. The van der Waals surface area contributed by atoms with Crippen molar-refractivity contribution in [3.8, 4) is 0 Å². The van der Waals surface area contributed by atoms with E-state index in [9.17, 15) is 0 Å². The van der Waals surface area contributed by atoms with Gasteiger partial charge in [0.05, 0.1) is 3.79 Å². The molecule has 0 atom stereocenters. The van der Waals surface area contributed by atoms with E-state index in [4.69, 9.17) is 5.73 Å². The number of nitrogen functional groups attached to an aromatic ring is 1. The van der Waals surface area contributed by atoms with E-state index < -0.39 is 0 Å². The number of anilines is 1. The summed E-state index contributed by atoms with van der Waals surface area (Å²) in [7, 11) is 0. The first kappa shape index (κ1) is 7.13. The maximum Gasteiger partial charge on any atom is 0.0711 e. The summed E-state index contributed by atoms with van der Waals surface area (Å²) in [4.78, 5) is 0. The third-order valence-corrected chi connectivity index (χ3v) is 3.17. The van der Waals surface area contributed by atoms with Crippen LogP contribution in [-0.2, 0) is 0 Å². The molecule has 0 fully saturated rings. The van der Waals surface area contributed by atoms with Gasteiger partial charge in [0.2, 0.25) is 0 Å². The minimum absolute atomic E-state index is 0.851. The molecule has 2 aromatic rings. The van der Waals surface area contributed by atoms with Gasteiger partial charge in [-0.15, -0.1) is 11.3 Å². The van der Waals surface area contributed by atoms with Gasteiger partial charge in [0.15, 0.2) is 0 Å². The molecule has 1 heterocycles. The van der Waals surface area contributed by atoms with Crippen LogP contribution in [0.1, 0.15) is 0 Å². The second-order valence-electron chi connectivity index (χ2n) is 2.31. The summed E-state index contributed by atoms with van der Waals surface area (Å²) in [5.74, 6) is 0. The highest BCUT2D eigenvalue weighted by atomic mass is 79.9. The van der Waals surface area contributed by atoms with Crippen LogP contribution in [0.2, 0.25) is 0 Å². The van der Waals surface area contributed by atoms with Gasteiger partial charge >= 0.3 is 0 Å². The van der Waals surface area contributed by atoms with Crippen LogP contribution in [-0.4, -0.2) is 0 Å². The van der Waals surface area contributed by atoms with E-state index in [0.717, 1.165) is 14.9 Å². The van der Waals surface area contributed by atoms with Gasteiger partial charge in [-0.25, -0.2) is 0 Å². The molecule has 3 heteroatoms. The molecule has 2 rings (SSSR count). The quantitative estimate of drug-likeness (QED) is 0.688. The zero-order chi connectivity index (χ0) is 7.84. The normalized spacial score (nSPS) is 10.6. The minimum Gasteiger partial charge on any atom is -0.398 e. The fourth-order valence-corrected chi connectivity index (χ4v) is 2.62. The molecule has 0 amide bonds. The number of hydrogen-bond donors (Lipinski definition) is 1. The van der Waals surface area contributed by atoms with Crippen molar-refractivity contribution in [3.05, 3.63) is 28.1 Å². The van der Waals surface area contributed by atoms with Crippen molar-refractivity contribution in [2.24, 2.45) is 0 Å². The Labute approximate surface area is 77.0 Å². The monoisotopic (exact) mass is 227 g/mol. The number of thiophene rings is 1. The molecule has 1 nitrogen and oxygen atoms in total. The van der Waals surface area contributed by atoms with Crippen LogP contribution >= 0.6 is 27.3 Å². The van der Waals surface area contributed by atoms with E-state index >= 15 is 0 Å². The van der Waals surface area contributed by atoms with Gasteiger partial charge in [-0.2, -0.15) is 0 Å². The minimum atomic E-state index is 0.851. The first-order chi connectivity index (χ1) is 5.27. The molecule has 56 valence electrons. The fraction of sp³-hybridized carbons (Fsp3) is 0. The van der Waals surface area contributed by atoms with Crippen molar-refractivity contribution >= 4 is 43.0 Å². The Morgan fingerprint density at radius 1 is 1.36 bits per heavy atom. The molecule has 0 bridgehead atoms. The van der Waals surface area contributed by atoms with Crippen LogP contribution < -0.4 is 5.73 Å². The molecule has 0 aliphatic heterocycles. The molecule has 0 unspecified atom stereocenters. The molecule has 0 aliphatic carbocycles. The Balaban J connectivity index is 2.90. The largest absolute Gasteiger partial charge is 0.398 e. The van der Waals surface area contributed by atoms with Gasteiger partial charge in [-0.1, -0.05) is 6.07 Å². The lowest BCUT2D eigenvalue weighted by Gasteiger charge is -1.92. The van der Waals surface area contributed by atoms with Gasteiger partial charge in [-0.05, 0) is 34.1 Å². The van der Waals surface area contributed by atoms with Crippen molar-refractivity contribution in [2.45, 2.75) is 0 Å². The third-order valence-electron chi connectivity index (χ3n) is 1.57. The van der Waals surface area contributed by atoms with Gasteiger partial charge < -0.3 is 5.73 Å². The van der Waals surface area contributed by atoms with E-state index in [-0.39, 0.29) is 0 Å². The smallest absolute Gasteiger partial charge is 0.0711 e. The van der Waals surface area contributed by atoms with Crippen LogP contribution in [0.25, 0.3) is 10.1 Å². The molecule has 2 N–H and O–H groups in total. The summed E-state index contributed by atoms with van der Waals surface area (Å²) in [6.07, 6.45) is 0. The maximum atomic E-state index is 5.76. The molecule has 0 saturated carbocycles. The number of nitrogens with two attached hydrogens (primary N) is 1. The van der Waals surface area contributed by atoms with E-state index in [1.807, 2.05) is 12.1 Å². The van der Waals surface area contributed by atoms with Crippen LogP contribution in [0.3, 0.4) is 0 Å². The van der Waals surface area contributed by atoms with Gasteiger partial charge in [-0.3, -0.25) is 0 Å². The Morgan fingerprint density at radius 3 is 2.91 bits per heavy atom. The standard InChI is InChI=1S/C8H6BrNS/c9-8-4-5-6(10)2-1-3-7(5)11-8/h1-4H,10H2. The Morgan fingerprint density at radius 2 is 2.18 bits per heavy atom. The molecule has 0 radical (unpaired) electrons. The first-order valence-electron chi connectivity index (χ1n) is 3.21. The molecule has 0 aliphatic rings. The molecule has 1 aromatic heterocycles. The zero-order valence-electron chi connectivity index (χ0n) is 5.67. The summed E-state index contributed by atoms with van der Waals surface area (Å²) in [5.41, 5.74) is 6.61. The third kappa shape index (κ3) is 1.14. The predicted molar refractivity (Wildman–Crippen MR) is 53.9 cm³/mol. The number of rotatable bonds is 0. The zero-order valence-corrected chi connectivity index (χ0v) is 8.08. The number of halogens is 1. The van der Waals surface area contributed by atoms with Crippen molar-refractivity contribution in [2.75, 3.05) is 5.73 Å². The van der Waals surface area contributed by atoms with Crippen molar-refractivity contribution in [1.29, 1.82) is 0 Å². The lowest BCUT2D eigenvalue weighted by atomic mass is 10.2. The number of fused-ring (bicyclic) bond motifs is 1. The second-order valence-corrected chi connectivity index (χ2v) is 4.77. The topological polar surface area (TPSA) is 26.0 Å². The Bertz CT molecular complexity index is 394. The highest BCUT2D eigenvalue weighted by Gasteiger charge is 2.00. The van der Waals surface area contributed by atoms with Gasteiger partial charge in [0, 0.05) is 15.8 Å². The van der Waals surface area contributed by atoms with Gasteiger partial charge in [0.25, 0.3) is 0 Å². The summed E-state index contributed by atoms with van der Waals surface area (Å²) in [5, 5.41) is 1.14. The lowest BCUT2D eigenvalue weighted by molar-refractivity contribution is 1.80. The SMILES string of the molecule is Nc1cccc2sc(Br)cc12. The highest BCUT2D eigenvalue weighted by Crippen LogP contribution is 2.32. The molecular weight excluding hydrogens is 222 g/mol. The molecule has 0 saturated heterocycles. The molecule has 1 aromatic carbocycles. The molecular formula is C8H6BrNS. The Kier molecular flexibility index (Phi) is 1.62. The summed E-state index contributed by atoms with van der Waals surface area (Å²) >= 11 is 5.12. The average molecular weight is 228 g/mol. The van der Waals surface area contributed by atoms with E-state index in [1.54, 1.807) is 11.3 Å². The maximum absolute atomic E-state index is 5.76. The number of hydrogen-bond acceptors (Lipinski definition) is 2. The molecule has 11 heavy (non-hydrogen) atoms. The summed E-state index contributed by atoms with van der Waals surface area (Å²) in [6.45, 7) is 0. The number of benzene rings is 1. The van der Waals surface area contributed by atoms with Gasteiger partial charge in [0.1, 0.15) is 0 Å². The van der Waals surface area contributed by atoms with Crippen LogP contribution in [0.4, 0.5) is 5.69 Å². The summed E-state index contributed by atoms with van der Waals surface area (Å²) in [6, 6.07) is 8.01. The fourth-order valence-electron chi connectivity index (χ4n) is 1.05. The predicted octanol–water partition coefficient (Wildman–Crippen LogP) is 3.25. The van der Waals surface area contributed by atoms with Crippen molar-refractivity contribution < 1.29 is 0 Å². The first-order valence-corrected chi connectivity index (χ1v) is 4.82. The van der Waals surface area contributed by atoms with Crippen LogP contribution in [0.5, 0.6) is 0 Å².